The van der Waals surface area contributed by atoms with Crippen molar-refractivity contribution in [1.82, 2.24) is 0 Å². The minimum Gasteiger partial charge on any atom is -0.488 e. The van der Waals surface area contributed by atoms with Gasteiger partial charge in [0, 0.05) is 0 Å². The first-order valence-corrected chi connectivity index (χ1v) is 4.12. The highest BCUT2D eigenvalue weighted by Crippen LogP contribution is 2.23. The molecule has 0 bridgehead atoms. The Hall–Kier alpha value is -0.760. The summed E-state index contributed by atoms with van der Waals surface area (Å²) >= 11 is 3.37. The van der Waals surface area contributed by atoms with Crippen LogP contribution in [-0.4, -0.2) is 6.61 Å². The summed E-state index contributed by atoms with van der Waals surface area (Å²) in [6.07, 6.45) is 1.72. The molecular weight excluding hydrogens is 204 g/mol. The lowest BCUT2D eigenvalue weighted by Gasteiger charge is -2.03. The normalized spacial score (nSPS) is 9.18. The third-order valence-corrected chi connectivity index (χ3v) is 1.85. The van der Waals surface area contributed by atoms with Crippen LogP contribution in [0.3, 0.4) is 0 Å². The van der Waals surface area contributed by atoms with Crippen LogP contribution in [0.5, 0.6) is 5.75 Å². The van der Waals surface area contributed by atoms with E-state index in [9.17, 15) is 0 Å². The second kappa shape index (κ2) is 4.19. The molecule has 0 saturated heterocycles. The Bertz CT molecular complexity index is 245. The largest absolute Gasteiger partial charge is 0.488 e. The molecule has 0 heterocycles. The van der Waals surface area contributed by atoms with Crippen molar-refractivity contribution in [2.24, 2.45) is 0 Å². The quantitative estimate of drug-likeness (QED) is 0.701. The molecule has 0 atom stereocenters. The molecule has 0 aliphatic heterocycles. The number of rotatable bonds is 3. The van der Waals surface area contributed by atoms with Gasteiger partial charge in [-0.3, -0.25) is 0 Å². The van der Waals surface area contributed by atoms with Gasteiger partial charge in [0.15, 0.2) is 0 Å². The van der Waals surface area contributed by atoms with Crippen LogP contribution in [0.25, 0.3) is 0 Å². The lowest BCUT2D eigenvalue weighted by molar-refractivity contribution is 0.361. The number of hydrogen-bond donors (Lipinski definition) is 0. The van der Waals surface area contributed by atoms with Crippen LogP contribution in [0.1, 0.15) is 0 Å². The van der Waals surface area contributed by atoms with Crippen LogP contribution in [0, 0.1) is 0 Å². The summed E-state index contributed by atoms with van der Waals surface area (Å²) in [5.41, 5.74) is 0. The van der Waals surface area contributed by atoms with E-state index in [0.29, 0.717) is 6.61 Å². The third kappa shape index (κ3) is 2.39. The van der Waals surface area contributed by atoms with Crippen molar-refractivity contribution < 1.29 is 4.74 Å². The molecule has 1 nitrogen and oxygen atoms in total. The zero-order valence-electron chi connectivity index (χ0n) is 6.09. The Balaban J connectivity index is 2.69. The maximum absolute atomic E-state index is 5.32. The van der Waals surface area contributed by atoms with E-state index in [-0.39, 0.29) is 0 Å². The molecule has 0 aromatic heterocycles. The molecule has 0 amide bonds. The van der Waals surface area contributed by atoms with Crippen molar-refractivity contribution in [2.75, 3.05) is 6.61 Å². The maximum Gasteiger partial charge on any atom is 0.133 e. The first-order chi connectivity index (χ1) is 5.34. The van der Waals surface area contributed by atoms with Gasteiger partial charge in [0.05, 0.1) is 4.47 Å². The van der Waals surface area contributed by atoms with Crippen molar-refractivity contribution in [3.63, 3.8) is 0 Å². The molecule has 0 N–H and O–H groups in total. The van der Waals surface area contributed by atoms with Crippen LogP contribution in [0.15, 0.2) is 41.4 Å². The minimum absolute atomic E-state index is 0.544. The number of benzene rings is 1. The first kappa shape index (κ1) is 8.34. The van der Waals surface area contributed by atoms with E-state index in [2.05, 4.69) is 22.5 Å². The van der Waals surface area contributed by atoms with Gasteiger partial charge in [-0.2, -0.15) is 0 Å². The van der Waals surface area contributed by atoms with E-state index in [1.165, 1.54) is 0 Å². The standard InChI is InChI=1S/C9H9BrO/c1-2-7-11-9-6-4-3-5-8(9)10/h2-6H,1,7H2. The second-order valence-electron chi connectivity index (χ2n) is 2.03. The summed E-state index contributed by atoms with van der Waals surface area (Å²) in [4.78, 5) is 0. The van der Waals surface area contributed by atoms with E-state index < -0.39 is 0 Å². The lowest BCUT2D eigenvalue weighted by Crippen LogP contribution is -1.92. The smallest absolute Gasteiger partial charge is 0.133 e. The third-order valence-electron chi connectivity index (χ3n) is 1.19. The van der Waals surface area contributed by atoms with Crippen molar-refractivity contribution in [2.45, 2.75) is 0 Å². The van der Waals surface area contributed by atoms with Gasteiger partial charge in [0.25, 0.3) is 0 Å². The molecule has 11 heavy (non-hydrogen) atoms. The Kier molecular flexibility index (Phi) is 3.17. The lowest BCUT2D eigenvalue weighted by atomic mass is 10.3. The molecule has 0 aliphatic carbocycles. The summed E-state index contributed by atoms with van der Waals surface area (Å²) in [7, 11) is 0. The van der Waals surface area contributed by atoms with Gasteiger partial charge in [0.2, 0.25) is 0 Å². The Morgan fingerprint density at radius 2 is 2.18 bits per heavy atom. The number of ether oxygens (including phenoxy) is 1. The van der Waals surface area contributed by atoms with Crippen molar-refractivity contribution >= 4 is 15.9 Å². The number of hydrogen-bond acceptors (Lipinski definition) is 1. The fourth-order valence-corrected chi connectivity index (χ4v) is 1.11. The van der Waals surface area contributed by atoms with Gasteiger partial charge in [-0.25, -0.2) is 0 Å². The average molecular weight is 213 g/mol. The summed E-state index contributed by atoms with van der Waals surface area (Å²) in [6.45, 7) is 4.11. The van der Waals surface area contributed by atoms with Crippen molar-refractivity contribution in [1.29, 1.82) is 0 Å². The van der Waals surface area contributed by atoms with Crippen molar-refractivity contribution in [3.05, 3.63) is 41.4 Å². The van der Waals surface area contributed by atoms with Crippen LogP contribution in [0.2, 0.25) is 0 Å². The topological polar surface area (TPSA) is 9.23 Å². The number of halogens is 1. The molecule has 0 unspecified atom stereocenters. The fourth-order valence-electron chi connectivity index (χ4n) is 0.710. The zero-order chi connectivity index (χ0) is 8.10. The molecule has 0 spiro atoms. The highest BCUT2D eigenvalue weighted by molar-refractivity contribution is 9.10. The van der Waals surface area contributed by atoms with Gasteiger partial charge in [-0.15, -0.1) is 0 Å². The van der Waals surface area contributed by atoms with Crippen molar-refractivity contribution in [3.8, 4) is 5.75 Å². The van der Waals surface area contributed by atoms with E-state index in [0.717, 1.165) is 10.2 Å². The molecular formula is C9H9BrO. The second-order valence-corrected chi connectivity index (χ2v) is 2.88. The Morgan fingerprint density at radius 3 is 2.82 bits per heavy atom. The molecule has 58 valence electrons. The molecule has 0 aliphatic rings. The molecule has 0 radical (unpaired) electrons. The van der Waals surface area contributed by atoms with E-state index in [4.69, 9.17) is 4.74 Å². The SMILES string of the molecule is C=CCOc1ccccc1Br. The minimum atomic E-state index is 0.544. The summed E-state index contributed by atoms with van der Waals surface area (Å²) in [5.74, 6) is 0.854. The highest BCUT2D eigenvalue weighted by Gasteiger charge is 1.95. The first-order valence-electron chi connectivity index (χ1n) is 3.33. The summed E-state index contributed by atoms with van der Waals surface area (Å²) < 4.78 is 6.29. The Morgan fingerprint density at radius 1 is 1.45 bits per heavy atom. The van der Waals surface area contributed by atoms with Gasteiger partial charge < -0.3 is 4.74 Å². The summed E-state index contributed by atoms with van der Waals surface area (Å²) in [6, 6.07) is 7.74. The van der Waals surface area contributed by atoms with E-state index >= 15 is 0 Å². The molecule has 1 rings (SSSR count). The Labute approximate surface area is 74.8 Å². The molecule has 1 aromatic rings. The van der Waals surface area contributed by atoms with Gasteiger partial charge in [0.1, 0.15) is 12.4 Å². The fraction of sp³-hybridized carbons (Fsp3) is 0.111. The highest BCUT2D eigenvalue weighted by atomic mass is 79.9. The molecule has 0 saturated carbocycles. The average Bonchev–Trinajstić information content (AvgIpc) is 2.03. The summed E-state index contributed by atoms with van der Waals surface area (Å²) in [5, 5.41) is 0. The van der Waals surface area contributed by atoms with Gasteiger partial charge in [-0.05, 0) is 28.1 Å². The van der Waals surface area contributed by atoms with Gasteiger partial charge in [-0.1, -0.05) is 24.8 Å². The van der Waals surface area contributed by atoms with Crippen LogP contribution in [-0.2, 0) is 0 Å². The monoisotopic (exact) mass is 212 g/mol. The van der Waals surface area contributed by atoms with Crippen LogP contribution >= 0.6 is 15.9 Å². The van der Waals surface area contributed by atoms with Gasteiger partial charge >= 0.3 is 0 Å². The molecule has 1 aromatic carbocycles. The van der Waals surface area contributed by atoms with E-state index in [1.54, 1.807) is 6.08 Å². The van der Waals surface area contributed by atoms with Crippen LogP contribution in [0.4, 0.5) is 0 Å². The molecule has 0 fully saturated rings. The van der Waals surface area contributed by atoms with Crippen LogP contribution < -0.4 is 4.74 Å². The maximum atomic E-state index is 5.32. The van der Waals surface area contributed by atoms with E-state index in [1.807, 2.05) is 24.3 Å². The number of para-hydroxylation sites is 1. The predicted octanol–water partition coefficient (Wildman–Crippen LogP) is 3.01. The zero-order valence-corrected chi connectivity index (χ0v) is 7.67. The predicted molar refractivity (Wildman–Crippen MR) is 49.8 cm³/mol. The molecule has 2 heteroatoms.